The van der Waals surface area contributed by atoms with E-state index in [1.807, 2.05) is 12.1 Å². The summed E-state index contributed by atoms with van der Waals surface area (Å²) in [5, 5.41) is 5.40. The van der Waals surface area contributed by atoms with E-state index < -0.39 is 0 Å². The van der Waals surface area contributed by atoms with Crippen LogP contribution < -0.4 is 16.4 Å². The van der Waals surface area contributed by atoms with Crippen LogP contribution in [-0.4, -0.2) is 29.8 Å². The lowest BCUT2D eigenvalue weighted by Crippen LogP contribution is -2.51. The molecular weight excluding hydrogens is 306 g/mol. The molecule has 1 atom stereocenters. The standard InChI is InChI=1S/C18H23N3O3/c19-11-18(7-1-2-8-18)21-17(24)13-5-3-12(4-6-13)9-14-10-15(22)20-16(14)23/h3-6,14H,1-2,7-11,19H2,(H,21,24)(H,20,22,23). The number of carbonyl (C=O) groups is 3. The third-order valence-corrected chi connectivity index (χ3v) is 5.09. The molecule has 6 nitrogen and oxygen atoms in total. The van der Waals surface area contributed by atoms with Gasteiger partial charge in [0.2, 0.25) is 11.8 Å². The third kappa shape index (κ3) is 3.48. The fourth-order valence-corrected chi connectivity index (χ4v) is 3.59. The van der Waals surface area contributed by atoms with Crippen molar-refractivity contribution >= 4 is 17.7 Å². The predicted molar refractivity (Wildman–Crippen MR) is 89.1 cm³/mol. The van der Waals surface area contributed by atoms with Crippen LogP contribution in [0.25, 0.3) is 0 Å². The van der Waals surface area contributed by atoms with Gasteiger partial charge in [-0.1, -0.05) is 25.0 Å². The Bertz CT molecular complexity index is 648. The smallest absolute Gasteiger partial charge is 0.251 e. The second-order valence-corrected chi connectivity index (χ2v) is 6.86. The molecule has 1 saturated heterocycles. The van der Waals surface area contributed by atoms with Crippen LogP contribution in [-0.2, 0) is 16.0 Å². The van der Waals surface area contributed by atoms with Crippen molar-refractivity contribution in [2.45, 2.75) is 44.1 Å². The normalized spacial score (nSPS) is 22.5. The second kappa shape index (κ2) is 6.73. The molecule has 1 aliphatic heterocycles. The lowest BCUT2D eigenvalue weighted by molar-refractivity contribution is -0.125. The highest BCUT2D eigenvalue weighted by Gasteiger charge is 2.34. The molecule has 2 fully saturated rings. The van der Waals surface area contributed by atoms with Gasteiger partial charge >= 0.3 is 0 Å². The molecule has 1 saturated carbocycles. The molecule has 2 aliphatic rings. The Morgan fingerprint density at radius 3 is 2.42 bits per heavy atom. The zero-order valence-electron chi connectivity index (χ0n) is 13.6. The Morgan fingerprint density at radius 2 is 1.88 bits per heavy atom. The van der Waals surface area contributed by atoms with E-state index in [-0.39, 0.29) is 35.6 Å². The summed E-state index contributed by atoms with van der Waals surface area (Å²) in [6.45, 7) is 0.460. The van der Waals surface area contributed by atoms with Gasteiger partial charge in [-0.2, -0.15) is 0 Å². The zero-order chi connectivity index (χ0) is 17.2. The molecule has 128 valence electrons. The van der Waals surface area contributed by atoms with E-state index in [0.717, 1.165) is 31.2 Å². The van der Waals surface area contributed by atoms with Gasteiger partial charge in [0.1, 0.15) is 0 Å². The summed E-state index contributed by atoms with van der Waals surface area (Å²) in [6.07, 6.45) is 4.79. The van der Waals surface area contributed by atoms with Crippen LogP contribution in [0.1, 0.15) is 48.0 Å². The van der Waals surface area contributed by atoms with Crippen molar-refractivity contribution < 1.29 is 14.4 Å². The van der Waals surface area contributed by atoms with Gasteiger partial charge in [-0.05, 0) is 37.0 Å². The fraction of sp³-hybridized carbons (Fsp3) is 0.500. The number of amides is 3. The minimum absolute atomic E-state index is 0.109. The van der Waals surface area contributed by atoms with Crippen molar-refractivity contribution in [1.82, 2.24) is 10.6 Å². The van der Waals surface area contributed by atoms with Crippen molar-refractivity contribution in [3.8, 4) is 0 Å². The lowest BCUT2D eigenvalue weighted by atomic mass is 9.95. The molecule has 3 rings (SSSR count). The van der Waals surface area contributed by atoms with Gasteiger partial charge in [0, 0.05) is 18.5 Å². The summed E-state index contributed by atoms with van der Waals surface area (Å²) in [7, 11) is 0. The first-order valence-corrected chi connectivity index (χ1v) is 8.46. The molecule has 0 bridgehead atoms. The molecule has 3 amide bonds. The fourth-order valence-electron chi connectivity index (χ4n) is 3.59. The number of imide groups is 1. The maximum atomic E-state index is 12.4. The first kappa shape index (κ1) is 16.6. The van der Waals surface area contributed by atoms with Crippen LogP contribution in [0.3, 0.4) is 0 Å². The van der Waals surface area contributed by atoms with E-state index in [0.29, 0.717) is 18.5 Å². The molecule has 1 aliphatic carbocycles. The summed E-state index contributed by atoms with van der Waals surface area (Å²) >= 11 is 0. The monoisotopic (exact) mass is 329 g/mol. The van der Waals surface area contributed by atoms with Crippen molar-refractivity contribution in [3.05, 3.63) is 35.4 Å². The van der Waals surface area contributed by atoms with E-state index in [1.165, 1.54) is 0 Å². The van der Waals surface area contributed by atoms with Crippen LogP contribution in [0.2, 0.25) is 0 Å². The molecule has 1 aromatic rings. The summed E-state index contributed by atoms with van der Waals surface area (Å²) in [5.74, 6) is -0.851. The van der Waals surface area contributed by atoms with Crippen LogP contribution in [0.15, 0.2) is 24.3 Å². The van der Waals surface area contributed by atoms with Crippen LogP contribution in [0, 0.1) is 5.92 Å². The summed E-state index contributed by atoms with van der Waals surface area (Å²) in [5.41, 5.74) is 7.12. The van der Waals surface area contributed by atoms with Gasteiger partial charge in [0.15, 0.2) is 0 Å². The van der Waals surface area contributed by atoms with Gasteiger partial charge in [0.05, 0.1) is 11.5 Å². The van der Waals surface area contributed by atoms with Crippen molar-refractivity contribution in [2.75, 3.05) is 6.54 Å². The molecule has 1 unspecified atom stereocenters. The topological polar surface area (TPSA) is 101 Å². The average Bonchev–Trinajstić information content (AvgIpc) is 3.15. The molecule has 4 N–H and O–H groups in total. The van der Waals surface area contributed by atoms with Crippen molar-refractivity contribution in [1.29, 1.82) is 0 Å². The number of benzene rings is 1. The molecule has 1 heterocycles. The van der Waals surface area contributed by atoms with Crippen molar-refractivity contribution in [2.24, 2.45) is 11.7 Å². The van der Waals surface area contributed by atoms with Crippen molar-refractivity contribution in [3.63, 3.8) is 0 Å². The highest BCUT2D eigenvalue weighted by atomic mass is 16.2. The molecule has 24 heavy (non-hydrogen) atoms. The number of nitrogens with one attached hydrogen (secondary N) is 2. The van der Waals surface area contributed by atoms with Crippen LogP contribution >= 0.6 is 0 Å². The number of hydrogen-bond acceptors (Lipinski definition) is 4. The van der Waals surface area contributed by atoms with E-state index in [2.05, 4.69) is 10.6 Å². The summed E-state index contributed by atoms with van der Waals surface area (Å²) in [4.78, 5) is 35.3. The predicted octanol–water partition coefficient (Wildman–Crippen LogP) is 0.893. The van der Waals surface area contributed by atoms with Gasteiger partial charge in [-0.3, -0.25) is 19.7 Å². The highest BCUT2D eigenvalue weighted by molar-refractivity contribution is 6.03. The maximum absolute atomic E-state index is 12.4. The van der Waals surface area contributed by atoms with Gasteiger partial charge in [-0.25, -0.2) is 0 Å². The van der Waals surface area contributed by atoms with Gasteiger partial charge in [0.25, 0.3) is 5.91 Å². The number of hydrogen-bond donors (Lipinski definition) is 3. The third-order valence-electron chi connectivity index (χ3n) is 5.09. The second-order valence-electron chi connectivity index (χ2n) is 6.86. The minimum atomic E-state index is -0.309. The quantitative estimate of drug-likeness (QED) is 0.698. The maximum Gasteiger partial charge on any atom is 0.251 e. The molecular formula is C18H23N3O3. The average molecular weight is 329 g/mol. The molecule has 0 aromatic heterocycles. The first-order valence-electron chi connectivity index (χ1n) is 8.46. The minimum Gasteiger partial charge on any atom is -0.345 e. The largest absolute Gasteiger partial charge is 0.345 e. The summed E-state index contributed by atoms with van der Waals surface area (Å²) in [6, 6.07) is 7.21. The van der Waals surface area contributed by atoms with E-state index in [1.54, 1.807) is 12.1 Å². The molecule has 6 heteroatoms. The van der Waals surface area contributed by atoms with E-state index in [9.17, 15) is 14.4 Å². The number of carbonyl (C=O) groups excluding carboxylic acids is 3. The van der Waals surface area contributed by atoms with Crippen LogP contribution in [0.5, 0.6) is 0 Å². The molecule has 0 spiro atoms. The number of nitrogens with two attached hydrogens (primary N) is 1. The van der Waals surface area contributed by atoms with Gasteiger partial charge < -0.3 is 11.1 Å². The Balaban J connectivity index is 1.62. The lowest BCUT2D eigenvalue weighted by Gasteiger charge is -2.28. The Hall–Kier alpha value is -2.21. The highest BCUT2D eigenvalue weighted by Crippen LogP contribution is 2.29. The first-order chi connectivity index (χ1) is 11.5. The van der Waals surface area contributed by atoms with E-state index in [4.69, 9.17) is 5.73 Å². The van der Waals surface area contributed by atoms with E-state index >= 15 is 0 Å². The van der Waals surface area contributed by atoms with Gasteiger partial charge in [-0.15, -0.1) is 0 Å². The molecule has 0 radical (unpaired) electrons. The Morgan fingerprint density at radius 1 is 1.21 bits per heavy atom. The number of rotatable bonds is 5. The summed E-state index contributed by atoms with van der Waals surface area (Å²) < 4.78 is 0. The Kier molecular flexibility index (Phi) is 4.66. The Labute approximate surface area is 141 Å². The zero-order valence-corrected chi connectivity index (χ0v) is 13.6. The van der Waals surface area contributed by atoms with Crippen LogP contribution in [0.4, 0.5) is 0 Å². The SMILES string of the molecule is NCC1(NC(=O)c2ccc(CC3CC(=O)NC3=O)cc2)CCCC1. The molecule has 1 aromatic carbocycles.